The van der Waals surface area contributed by atoms with E-state index >= 15 is 0 Å². The summed E-state index contributed by atoms with van der Waals surface area (Å²) in [5.74, 6) is 0.903. The van der Waals surface area contributed by atoms with Gasteiger partial charge in [-0.1, -0.05) is 60.7 Å². The average Bonchev–Trinajstić information content (AvgIpc) is 3.10. The van der Waals surface area contributed by atoms with Gasteiger partial charge < -0.3 is 4.90 Å². The number of likely N-dealkylation sites (tertiary alicyclic amines) is 1. The molecule has 0 aromatic heterocycles. The number of fused-ring (bicyclic) bond motifs is 1. The first-order valence-electron chi connectivity index (χ1n) is 7.69. The minimum Gasteiger partial charge on any atom is -0.302 e. The fraction of sp³-hybridized carbons (Fsp3) is 0.368. The van der Waals surface area contributed by atoms with Gasteiger partial charge in [-0.2, -0.15) is 0 Å². The van der Waals surface area contributed by atoms with Crippen LogP contribution in [0.15, 0.2) is 60.7 Å². The molecular weight excluding hydrogens is 242 g/mol. The maximum Gasteiger partial charge on any atom is 0.0124 e. The Morgan fingerprint density at radius 3 is 2.40 bits per heavy atom. The second kappa shape index (κ2) is 4.75. The number of rotatable bonds is 4. The molecule has 2 aliphatic rings. The third-order valence-corrected chi connectivity index (χ3v) is 5.12. The van der Waals surface area contributed by atoms with Crippen LogP contribution >= 0.6 is 0 Å². The zero-order chi connectivity index (χ0) is 13.4. The van der Waals surface area contributed by atoms with Gasteiger partial charge in [0.25, 0.3) is 0 Å². The highest BCUT2D eigenvalue weighted by atomic mass is 15.2. The maximum absolute atomic E-state index is 2.66. The summed E-state index contributed by atoms with van der Waals surface area (Å²) in [5, 5.41) is 0. The zero-order valence-corrected chi connectivity index (χ0v) is 11.8. The van der Waals surface area contributed by atoms with Gasteiger partial charge in [0.15, 0.2) is 0 Å². The Balaban J connectivity index is 1.40. The van der Waals surface area contributed by atoms with Crippen molar-refractivity contribution in [3.63, 3.8) is 0 Å². The molecule has 0 unspecified atom stereocenters. The minimum atomic E-state index is 0.498. The molecule has 0 bridgehead atoms. The van der Waals surface area contributed by atoms with E-state index < -0.39 is 0 Å². The first-order valence-corrected chi connectivity index (χ1v) is 7.69. The molecule has 2 aromatic carbocycles. The third kappa shape index (κ3) is 2.06. The lowest BCUT2D eigenvalue weighted by Crippen LogP contribution is -2.28. The fourth-order valence-electron chi connectivity index (χ4n) is 3.91. The van der Waals surface area contributed by atoms with Crippen molar-refractivity contribution in [2.24, 2.45) is 5.92 Å². The molecule has 20 heavy (non-hydrogen) atoms. The molecular formula is C19H21N. The molecule has 2 atom stereocenters. The van der Waals surface area contributed by atoms with E-state index in [9.17, 15) is 0 Å². The predicted octanol–water partition coefficient (Wildman–Crippen LogP) is 3.50. The molecule has 2 aromatic rings. The van der Waals surface area contributed by atoms with Crippen molar-refractivity contribution in [1.29, 1.82) is 0 Å². The Morgan fingerprint density at radius 1 is 0.950 bits per heavy atom. The zero-order valence-electron chi connectivity index (χ0n) is 11.8. The van der Waals surface area contributed by atoms with E-state index in [1.807, 2.05) is 0 Å². The van der Waals surface area contributed by atoms with Crippen molar-refractivity contribution in [2.45, 2.75) is 18.3 Å². The predicted molar refractivity (Wildman–Crippen MR) is 82.8 cm³/mol. The molecule has 1 heteroatoms. The topological polar surface area (TPSA) is 3.24 Å². The van der Waals surface area contributed by atoms with E-state index in [1.54, 1.807) is 5.56 Å². The summed E-state index contributed by atoms with van der Waals surface area (Å²) in [4.78, 5) is 2.66. The highest BCUT2D eigenvalue weighted by molar-refractivity contribution is 5.36. The summed E-state index contributed by atoms with van der Waals surface area (Å²) in [6.45, 7) is 3.76. The Labute approximate surface area is 121 Å². The van der Waals surface area contributed by atoms with Crippen molar-refractivity contribution < 1.29 is 0 Å². The van der Waals surface area contributed by atoms with Crippen molar-refractivity contribution in [2.75, 3.05) is 19.6 Å². The van der Waals surface area contributed by atoms with E-state index in [-0.39, 0.29) is 0 Å². The highest BCUT2D eigenvalue weighted by Gasteiger charge is 2.60. The fourth-order valence-corrected chi connectivity index (χ4v) is 3.91. The smallest absolute Gasteiger partial charge is 0.0124 e. The molecule has 1 aliphatic carbocycles. The molecule has 1 nitrogen and oxygen atoms in total. The molecule has 0 N–H and O–H groups in total. The Hall–Kier alpha value is -1.60. The van der Waals surface area contributed by atoms with Crippen molar-refractivity contribution >= 4 is 0 Å². The minimum absolute atomic E-state index is 0.498. The molecule has 1 saturated heterocycles. The summed E-state index contributed by atoms with van der Waals surface area (Å²) in [6.07, 6.45) is 2.58. The van der Waals surface area contributed by atoms with E-state index in [0.29, 0.717) is 5.41 Å². The largest absolute Gasteiger partial charge is 0.302 e. The molecule has 1 heterocycles. The quantitative estimate of drug-likeness (QED) is 0.816. The summed E-state index contributed by atoms with van der Waals surface area (Å²) < 4.78 is 0. The third-order valence-electron chi connectivity index (χ3n) is 5.12. The Morgan fingerprint density at radius 2 is 1.65 bits per heavy atom. The van der Waals surface area contributed by atoms with E-state index in [1.165, 1.54) is 38.0 Å². The normalized spacial score (nSPS) is 28.3. The molecule has 102 valence electrons. The lowest BCUT2D eigenvalue weighted by molar-refractivity contribution is 0.302. The second-order valence-electron chi connectivity index (χ2n) is 6.39. The van der Waals surface area contributed by atoms with Crippen LogP contribution in [0.2, 0.25) is 0 Å². The van der Waals surface area contributed by atoms with Crippen LogP contribution < -0.4 is 0 Å². The van der Waals surface area contributed by atoms with Gasteiger partial charge in [0, 0.05) is 25.0 Å². The van der Waals surface area contributed by atoms with Gasteiger partial charge in [0.1, 0.15) is 0 Å². The maximum atomic E-state index is 2.66. The monoisotopic (exact) mass is 263 g/mol. The Kier molecular flexibility index (Phi) is 2.89. The van der Waals surface area contributed by atoms with Crippen LogP contribution in [0.5, 0.6) is 0 Å². The molecule has 0 spiro atoms. The van der Waals surface area contributed by atoms with Crippen LogP contribution in [0.25, 0.3) is 0 Å². The lowest BCUT2D eigenvalue weighted by atomic mass is 9.95. The Bertz CT molecular complexity index is 577. The molecule has 1 saturated carbocycles. The molecule has 0 radical (unpaired) electrons. The summed E-state index contributed by atoms with van der Waals surface area (Å²) in [7, 11) is 0. The van der Waals surface area contributed by atoms with Crippen molar-refractivity contribution in [3.8, 4) is 0 Å². The molecule has 1 aliphatic heterocycles. The summed E-state index contributed by atoms with van der Waals surface area (Å²) >= 11 is 0. The summed E-state index contributed by atoms with van der Waals surface area (Å²) in [6, 6.07) is 22.0. The van der Waals surface area contributed by atoms with Crippen molar-refractivity contribution in [1.82, 2.24) is 4.90 Å². The van der Waals surface area contributed by atoms with Gasteiger partial charge >= 0.3 is 0 Å². The van der Waals surface area contributed by atoms with Crippen LogP contribution in [0.4, 0.5) is 0 Å². The number of nitrogens with zero attached hydrogens (tertiary/aromatic N) is 1. The van der Waals surface area contributed by atoms with Crippen LogP contribution in [-0.4, -0.2) is 24.5 Å². The first kappa shape index (κ1) is 12.2. The van der Waals surface area contributed by atoms with Gasteiger partial charge in [-0.05, 0) is 29.9 Å². The number of hydrogen-bond donors (Lipinski definition) is 0. The van der Waals surface area contributed by atoms with Gasteiger partial charge in [-0.25, -0.2) is 0 Å². The van der Waals surface area contributed by atoms with Crippen molar-refractivity contribution in [3.05, 3.63) is 71.8 Å². The van der Waals surface area contributed by atoms with Crippen LogP contribution in [0.3, 0.4) is 0 Å². The molecule has 4 rings (SSSR count). The van der Waals surface area contributed by atoms with Gasteiger partial charge in [0.2, 0.25) is 0 Å². The van der Waals surface area contributed by atoms with Crippen LogP contribution in [-0.2, 0) is 11.8 Å². The van der Waals surface area contributed by atoms with E-state index in [2.05, 4.69) is 65.6 Å². The van der Waals surface area contributed by atoms with Gasteiger partial charge in [-0.15, -0.1) is 0 Å². The standard InChI is InChI=1S/C19H21N/c1-3-7-16(8-4-1)11-12-20-14-18-13-19(18,15-20)17-9-5-2-6-10-17/h1-10,18H,11-15H2/t18-,19+/m1/s1. The van der Waals surface area contributed by atoms with E-state index in [0.717, 1.165) is 5.92 Å². The van der Waals surface area contributed by atoms with Crippen LogP contribution in [0, 0.1) is 5.92 Å². The molecule has 0 amide bonds. The molecule has 2 fully saturated rings. The highest BCUT2D eigenvalue weighted by Crippen LogP contribution is 2.58. The van der Waals surface area contributed by atoms with Gasteiger partial charge in [0.05, 0.1) is 0 Å². The SMILES string of the molecule is c1ccc(CCN2C[C@H]3C[C@@]3(c3ccccc3)C2)cc1. The lowest BCUT2D eigenvalue weighted by Gasteiger charge is -2.21. The number of hydrogen-bond acceptors (Lipinski definition) is 1. The van der Waals surface area contributed by atoms with Crippen LogP contribution in [0.1, 0.15) is 17.5 Å². The average molecular weight is 263 g/mol. The number of benzene rings is 2. The second-order valence-corrected chi connectivity index (χ2v) is 6.39. The van der Waals surface area contributed by atoms with E-state index in [4.69, 9.17) is 0 Å². The number of piperidine rings is 1. The summed E-state index contributed by atoms with van der Waals surface area (Å²) in [5.41, 5.74) is 3.52. The van der Waals surface area contributed by atoms with Gasteiger partial charge in [-0.3, -0.25) is 0 Å². The first-order chi connectivity index (χ1) is 9.87.